The molecule has 9 heteroatoms. The van der Waals surface area contributed by atoms with Crippen LogP contribution in [0.15, 0.2) is 48.7 Å². The van der Waals surface area contributed by atoms with Crippen molar-refractivity contribution >= 4 is 23.0 Å². The van der Waals surface area contributed by atoms with Crippen molar-refractivity contribution in [3.05, 3.63) is 64.9 Å². The zero-order valence-electron chi connectivity index (χ0n) is 22.7. The Hall–Kier alpha value is -2.68. The highest BCUT2D eigenvalue weighted by Gasteiger charge is 2.29. The van der Waals surface area contributed by atoms with E-state index in [0.29, 0.717) is 17.5 Å². The number of nitrogens with zero attached hydrogens (tertiary/aromatic N) is 5. The van der Waals surface area contributed by atoms with Crippen LogP contribution >= 0.6 is 11.6 Å². The van der Waals surface area contributed by atoms with Crippen LogP contribution in [0.1, 0.15) is 50.4 Å². The standard InChI is InChI=1S/C30H38ClF2N5O/c1-21(2)18-35-12-14-36(15-13-35)25-8-5-22(6-9-25)27-10-7-24(31)16-28(27)37-11-3-4-26(19-37)38-29(30(32)33)23(20-39)17-34-38/h5-10,16-17,21,26,30,39H,3-4,11-15,18-20H2,1-2H3. The number of benzene rings is 2. The van der Waals surface area contributed by atoms with E-state index in [-0.39, 0.29) is 17.3 Å². The maximum absolute atomic E-state index is 13.8. The summed E-state index contributed by atoms with van der Waals surface area (Å²) in [7, 11) is 0. The summed E-state index contributed by atoms with van der Waals surface area (Å²) in [4.78, 5) is 7.22. The fraction of sp³-hybridized carbons (Fsp3) is 0.500. The van der Waals surface area contributed by atoms with Gasteiger partial charge in [-0.3, -0.25) is 9.58 Å². The van der Waals surface area contributed by atoms with Crippen molar-refractivity contribution in [1.82, 2.24) is 14.7 Å². The van der Waals surface area contributed by atoms with Gasteiger partial charge in [-0.25, -0.2) is 8.78 Å². The van der Waals surface area contributed by atoms with E-state index in [4.69, 9.17) is 11.6 Å². The fourth-order valence-electron chi connectivity index (χ4n) is 6.00. The third-order valence-electron chi connectivity index (χ3n) is 7.87. The van der Waals surface area contributed by atoms with Gasteiger partial charge in [0.25, 0.3) is 6.43 Å². The molecule has 0 bridgehead atoms. The van der Waals surface area contributed by atoms with Gasteiger partial charge in [-0.05, 0) is 48.6 Å². The molecule has 6 nitrogen and oxygen atoms in total. The summed E-state index contributed by atoms with van der Waals surface area (Å²) in [5.41, 5.74) is 4.40. The number of anilines is 2. The highest BCUT2D eigenvalue weighted by atomic mass is 35.5. The summed E-state index contributed by atoms with van der Waals surface area (Å²) in [6.45, 7) is 10.8. The van der Waals surface area contributed by atoms with Gasteiger partial charge in [-0.2, -0.15) is 5.10 Å². The summed E-state index contributed by atoms with van der Waals surface area (Å²) in [6.07, 6.45) is 0.257. The minimum Gasteiger partial charge on any atom is -0.392 e. The summed E-state index contributed by atoms with van der Waals surface area (Å²) in [6, 6.07) is 14.4. The van der Waals surface area contributed by atoms with Crippen LogP contribution in [0.3, 0.4) is 0 Å². The average Bonchev–Trinajstić information content (AvgIpc) is 3.38. The Bertz CT molecular complexity index is 1240. The van der Waals surface area contributed by atoms with Gasteiger partial charge >= 0.3 is 0 Å². The molecule has 2 aliphatic heterocycles. The molecule has 0 radical (unpaired) electrons. The molecule has 2 aromatic carbocycles. The number of halogens is 3. The molecule has 3 heterocycles. The number of piperidine rings is 1. The topological polar surface area (TPSA) is 47.8 Å². The van der Waals surface area contributed by atoms with Crippen LogP contribution < -0.4 is 9.80 Å². The highest BCUT2D eigenvalue weighted by Crippen LogP contribution is 2.38. The number of hydrogen-bond donors (Lipinski definition) is 1. The monoisotopic (exact) mass is 557 g/mol. The lowest BCUT2D eigenvalue weighted by molar-refractivity contribution is 0.130. The fourth-order valence-corrected chi connectivity index (χ4v) is 6.17. The summed E-state index contributed by atoms with van der Waals surface area (Å²) in [5, 5.41) is 14.4. The molecule has 210 valence electrons. The number of piperazine rings is 1. The number of aliphatic hydroxyl groups is 1. The van der Waals surface area contributed by atoms with Gasteiger partial charge in [0.2, 0.25) is 0 Å². The van der Waals surface area contributed by atoms with Crippen molar-refractivity contribution < 1.29 is 13.9 Å². The van der Waals surface area contributed by atoms with E-state index in [1.165, 1.54) is 16.6 Å². The number of alkyl halides is 2. The Balaban J connectivity index is 1.35. The predicted octanol–water partition coefficient (Wildman–Crippen LogP) is 6.25. The van der Waals surface area contributed by atoms with Gasteiger partial charge in [0.05, 0.1) is 18.8 Å². The number of aliphatic hydroxyl groups excluding tert-OH is 1. The minimum atomic E-state index is -2.69. The number of aromatic nitrogens is 2. The van der Waals surface area contributed by atoms with E-state index < -0.39 is 13.0 Å². The Morgan fingerprint density at radius 1 is 1.00 bits per heavy atom. The van der Waals surface area contributed by atoms with Crippen molar-refractivity contribution in [3.63, 3.8) is 0 Å². The second-order valence-corrected chi connectivity index (χ2v) is 11.5. The lowest BCUT2D eigenvalue weighted by Gasteiger charge is -2.37. The van der Waals surface area contributed by atoms with Crippen molar-refractivity contribution in [1.29, 1.82) is 0 Å². The van der Waals surface area contributed by atoms with Gasteiger partial charge in [-0.15, -0.1) is 0 Å². The van der Waals surface area contributed by atoms with E-state index in [2.05, 4.69) is 57.9 Å². The van der Waals surface area contributed by atoms with Gasteiger partial charge in [0.15, 0.2) is 0 Å². The van der Waals surface area contributed by atoms with E-state index in [9.17, 15) is 13.9 Å². The second-order valence-electron chi connectivity index (χ2n) is 11.1. The van der Waals surface area contributed by atoms with Crippen LogP contribution in [0.5, 0.6) is 0 Å². The first kappa shape index (κ1) is 27.9. The first-order chi connectivity index (χ1) is 18.8. The molecule has 0 spiro atoms. The number of hydrogen-bond acceptors (Lipinski definition) is 5. The second kappa shape index (κ2) is 12.2. The van der Waals surface area contributed by atoms with E-state index in [0.717, 1.165) is 68.9 Å². The molecule has 2 aliphatic rings. The van der Waals surface area contributed by atoms with Gasteiger partial charge in [0.1, 0.15) is 5.69 Å². The van der Waals surface area contributed by atoms with Gasteiger partial charge < -0.3 is 14.9 Å². The molecular weight excluding hydrogens is 520 g/mol. The van der Waals surface area contributed by atoms with Crippen LogP contribution in [-0.4, -0.2) is 65.6 Å². The summed E-state index contributed by atoms with van der Waals surface area (Å²) in [5.74, 6) is 0.684. The Kier molecular flexibility index (Phi) is 8.74. The van der Waals surface area contributed by atoms with Crippen LogP contribution in [-0.2, 0) is 6.61 Å². The molecule has 0 amide bonds. The lowest BCUT2D eigenvalue weighted by atomic mass is 9.99. The SMILES string of the molecule is CC(C)CN1CCN(c2ccc(-c3ccc(Cl)cc3N3CCCC(n4ncc(CO)c4C(F)F)C3)cc2)CC1. The molecule has 2 fully saturated rings. The molecule has 2 saturated heterocycles. The molecule has 39 heavy (non-hydrogen) atoms. The van der Waals surface area contributed by atoms with Crippen molar-refractivity contribution in [2.45, 2.75) is 45.8 Å². The van der Waals surface area contributed by atoms with Crippen LogP contribution in [0, 0.1) is 5.92 Å². The van der Waals surface area contributed by atoms with Gasteiger partial charge in [0, 0.05) is 73.3 Å². The number of rotatable bonds is 8. The quantitative estimate of drug-likeness (QED) is 0.354. The average molecular weight is 558 g/mol. The maximum Gasteiger partial charge on any atom is 0.280 e. The first-order valence-corrected chi connectivity index (χ1v) is 14.3. The lowest BCUT2D eigenvalue weighted by Crippen LogP contribution is -2.47. The Morgan fingerprint density at radius 3 is 2.41 bits per heavy atom. The molecule has 3 aromatic rings. The van der Waals surface area contributed by atoms with Crippen molar-refractivity contribution in [2.75, 3.05) is 55.6 Å². The van der Waals surface area contributed by atoms with Crippen LogP contribution in [0.4, 0.5) is 20.2 Å². The molecule has 0 saturated carbocycles. The Labute approximate surface area is 234 Å². The first-order valence-electron chi connectivity index (χ1n) is 13.9. The van der Waals surface area contributed by atoms with E-state index in [1.54, 1.807) is 0 Å². The third kappa shape index (κ3) is 6.23. The maximum atomic E-state index is 13.8. The molecule has 5 rings (SSSR count). The Morgan fingerprint density at radius 2 is 1.74 bits per heavy atom. The third-order valence-corrected chi connectivity index (χ3v) is 8.11. The van der Waals surface area contributed by atoms with E-state index >= 15 is 0 Å². The zero-order chi connectivity index (χ0) is 27.5. The van der Waals surface area contributed by atoms with Crippen LogP contribution in [0.2, 0.25) is 5.02 Å². The largest absolute Gasteiger partial charge is 0.392 e. The zero-order valence-corrected chi connectivity index (χ0v) is 23.5. The molecule has 1 atom stereocenters. The highest BCUT2D eigenvalue weighted by molar-refractivity contribution is 6.31. The molecular formula is C30H38ClF2N5O. The molecule has 1 unspecified atom stereocenters. The van der Waals surface area contributed by atoms with Gasteiger partial charge in [-0.1, -0.05) is 43.6 Å². The molecule has 1 N–H and O–H groups in total. The summed E-state index contributed by atoms with van der Waals surface area (Å²) < 4.78 is 29.1. The molecule has 0 aliphatic carbocycles. The van der Waals surface area contributed by atoms with E-state index in [1.807, 2.05) is 18.2 Å². The van der Waals surface area contributed by atoms with Crippen molar-refractivity contribution in [3.8, 4) is 11.1 Å². The predicted molar refractivity (Wildman–Crippen MR) is 154 cm³/mol. The normalized spacial score (nSPS) is 18.9. The summed E-state index contributed by atoms with van der Waals surface area (Å²) >= 11 is 6.45. The smallest absolute Gasteiger partial charge is 0.280 e. The molecule has 1 aromatic heterocycles. The van der Waals surface area contributed by atoms with Crippen LogP contribution in [0.25, 0.3) is 11.1 Å². The minimum absolute atomic E-state index is 0.184. The van der Waals surface area contributed by atoms with Crippen molar-refractivity contribution in [2.24, 2.45) is 5.92 Å².